The summed E-state index contributed by atoms with van der Waals surface area (Å²) in [6, 6.07) is 0. The van der Waals surface area contributed by atoms with E-state index in [4.69, 9.17) is 4.74 Å². The molecule has 0 aromatic heterocycles. The average Bonchev–Trinajstić information content (AvgIpc) is 2.58. The predicted octanol–water partition coefficient (Wildman–Crippen LogP) is 1.88. The summed E-state index contributed by atoms with van der Waals surface area (Å²) < 4.78 is 4.94. The minimum atomic E-state index is -0.789. The molecule has 2 aliphatic rings. The number of esters is 1. The lowest BCUT2D eigenvalue weighted by molar-refractivity contribution is -0.152. The zero-order valence-corrected chi connectivity index (χ0v) is 9.58. The van der Waals surface area contributed by atoms with E-state index < -0.39 is 5.60 Å². The highest BCUT2D eigenvalue weighted by Gasteiger charge is 2.48. The van der Waals surface area contributed by atoms with Crippen molar-refractivity contribution in [2.45, 2.75) is 51.6 Å². The minimum Gasteiger partial charge on any atom is -0.465 e. The molecule has 2 fully saturated rings. The number of carbonyl (C=O) groups excluding carboxylic acids is 1. The molecule has 1 atom stereocenters. The molecule has 86 valence electrons. The molecule has 3 heteroatoms. The van der Waals surface area contributed by atoms with Crippen molar-refractivity contribution in [2.24, 2.45) is 11.3 Å². The van der Waals surface area contributed by atoms with Crippen LogP contribution in [0.15, 0.2) is 0 Å². The molecule has 0 aromatic carbocycles. The quantitative estimate of drug-likeness (QED) is 0.675. The molecule has 0 aromatic rings. The summed E-state index contributed by atoms with van der Waals surface area (Å²) >= 11 is 0. The van der Waals surface area contributed by atoms with Crippen LogP contribution in [0.3, 0.4) is 0 Å². The molecule has 1 saturated carbocycles. The van der Waals surface area contributed by atoms with E-state index in [1.54, 1.807) is 0 Å². The second-order valence-corrected chi connectivity index (χ2v) is 5.78. The van der Waals surface area contributed by atoms with Crippen LogP contribution < -0.4 is 0 Å². The summed E-state index contributed by atoms with van der Waals surface area (Å²) in [6.07, 6.45) is 4.15. The fraction of sp³-hybridized carbons (Fsp3) is 0.917. The van der Waals surface area contributed by atoms with Gasteiger partial charge in [0.05, 0.1) is 18.1 Å². The first-order chi connectivity index (χ1) is 6.93. The molecule has 0 bridgehead atoms. The Morgan fingerprint density at radius 3 is 2.33 bits per heavy atom. The van der Waals surface area contributed by atoms with E-state index in [1.807, 2.05) is 0 Å². The Labute approximate surface area is 90.8 Å². The van der Waals surface area contributed by atoms with Crippen LogP contribution in [0.1, 0.15) is 46.0 Å². The zero-order valence-electron chi connectivity index (χ0n) is 9.58. The Morgan fingerprint density at radius 1 is 1.27 bits per heavy atom. The van der Waals surface area contributed by atoms with Crippen molar-refractivity contribution >= 4 is 5.97 Å². The lowest BCUT2D eigenvalue weighted by Gasteiger charge is -2.42. The third-order valence-electron chi connectivity index (χ3n) is 4.05. The maximum absolute atomic E-state index is 11.5. The summed E-state index contributed by atoms with van der Waals surface area (Å²) in [7, 11) is 0. The molecule has 0 spiro atoms. The van der Waals surface area contributed by atoms with Crippen molar-refractivity contribution in [3.05, 3.63) is 0 Å². The number of hydrogen-bond donors (Lipinski definition) is 1. The van der Waals surface area contributed by atoms with E-state index in [1.165, 1.54) is 0 Å². The molecular formula is C12H20O3. The fourth-order valence-electron chi connectivity index (χ4n) is 2.69. The van der Waals surface area contributed by atoms with Gasteiger partial charge in [-0.25, -0.2) is 0 Å². The molecule has 3 nitrogen and oxygen atoms in total. The second-order valence-electron chi connectivity index (χ2n) is 5.78. The van der Waals surface area contributed by atoms with Gasteiger partial charge in [-0.05, 0) is 37.5 Å². The third-order valence-corrected chi connectivity index (χ3v) is 4.05. The van der Waals surface area contributed by atoms with Crippen molar-refractivity contribution in [3.8, 4) is 0 Å². The first-order valence-corrected chi connectivity index (χ1v) is 5.82. The van der Waals surface area contributed by atoms with Gasteiger partial charge in [0.25, 0.3) is 0 Å². The van der Waals surface area contributed by atoms with Crippen LogP contribution in [0.25, 0.3) is 0 Å². The number of ether oxygens (including phenoxy) is 1. The van der Waals surface area contributed by atoms with Gasteiger partial charge >= 0.3 is 5.97 Å². The van der Waals surface area contributed by atoms with Gasteiger partial charge in [-0.15, -0.1) is 0 Å². The summed E-state index contributed by atoms with van der Waals surface area (Å²) in [6.45, 7) is 4.92. The molecule has 1 aliphatic heterocycles. The smallest absolute Gasteiger partial charge is 0.311 e. The Kier molecular flexibility index (Phi) is 2.53. The van der Waals surface area contributed by atoms with E-state index in [2.05, 4.69) is 13.8 Å². The van der Waals surface area contributed by atoms with Crippen molar-refractivity contribution in [1.29, 1.82) is 0 Å². The summed E-state index contributed by atoms with van der Waals surface area (Å²) in [4.78, 5) is 11.5. The maximum Gasteiger partial charge on any atom is 0.311 e. The number of aliphatic hydroxyl groups is 1. The Bertz CT molecular complexity index is 260. The van der Waals surface area contributed by atoms with Crippen LogP contribution in [0.5, 0.6) is 0 Å². The van der Waals surface area contributed by atoms with Gasteiger partial charge in [-0.3, -0.25) is 4.79 Å². The largest absolute Gasteiger partial charge is 0.465 e. The summed E-state index contributed by atoms with van der Waals surface area (Å²) in [5.74, 6) is -0.467. The van der Waals surface area contributed by atoms with Crippen LogP contribution in [-0.4, -0.2) is 23.3 Å². The first kappa shape index (κ1) is 10.9. The van der Waals surface area contributed by atoms with E-state index in [0.29, 0.717) is 18.4 Å². The van der Waals surface area contributed by atoms with Gasteiger partial charge in [0.1, 0.15) is 0 Å². The molecule has 1 heterocycles. The van der Waals surface area contributed by atoms with Crippen molar-refractivity contribution < 1.29 is 14.6 Å². The van der Waals surface area contributed by atoms with Gasteiger partial charge < -0.3 is 9.84 Å². The highest BCUT2D eigenvalue weighted by atomic mass is 16.5. The number of hydrogen-bond acceptors (Lipinski definition) is 3. The van der Waals surface area contributed by atoms with Crippen molar-refractivity contribution in [2.75, 3.05) is 6.61 Å². The van der Waals surface area contributed by atoms with Gasteiger partial charge in [0, 0.05) is 0 Å². The number of carbonyl (C=O) groups is 1. The normalized spacial score (nSPS) is 33.8. The second kappa shape index (κ2) is 3.48. The monoisotopic (exact) mass is 212 g/mol. The molecule has 0 radical (unpaired) electrons. The van der Waals surface area contributed by atoms with E-state index in [9.17, 15) is 9.90 Å². The Morgan fingerprint density at radius 2 is 1.87 bits per heavy atom. The Hall–Kier alpha value is -0.570. The van der Waals surface area contributed by atoms with E-state index in [0.717, 1.165) is 25.7 Å². The molecule has 1 N–H and O–H groups in total. The SMILES string of the molecule is CC1(C)CCC(O)(C2CCOC2=O)CC1. The van der Waals surface area contributed by atoms with Gasteiger partial charge in [0.15, 0.2) is 0 Å². The third kappa shape index (κ3) is 2.03. The lowest BCUT2D eigenvalue weighted by Crippen LogP contribution is -2.45. The highest BCUT2D eigenvalue weighted by Crippen LogP contribution is 2.45. The number of rotatable bonds is 1. The predicted molar refractivity (Wildman–Crippen MR) is 56.3 cm³/mol. The molecule has 1 aliphatic carbocycles. The van der Waals surface area contributed by atoms with Gasteiger partial charge in [0.2, 0.25) is 0 Å². The molecule has 2 rings (SSSR count). The highest BCUT2D eigenvalue weighted by molar-refractivity contribution is 5.75. The van der Waals surface area contributed by atoms with Crippen LogP contribution >= 0.6 is 0 Å². The molecule has 15 heavy (non-hydrogen) atoms. The zero-order chi connectivity index (χ0) is 11.1. The standard InChI is InChI=1S/C12H20O3/c1-11(2)4-6-12(14,7-5-11)9-3-8-15-10(9)13/h9,14H,3-8H2,1-2H3. The molecular weight excluding hydrogens is 192 g/mol. The summed E-state index contributed by atoms with van der Waals surface area (Å²) in [5, 5.41) is 10.5. The summed E-state index contributed by atoms with van der Waals surface area (Å²) in [5.41, 5.74) is -0.474. The van der Waals surface area contributed by atoms with Crippen LogP contribution in [-0.2, 0) is 9.53 Å². The van der Waals surface area contributed by atoms with Gasteiger partial charge in [-0.2, -0.15) is 0 Å². The number of cyclic esters (lactones) is 1. The van der Waals surface area contributed by atoms with Gasteiger partial charge in [-0.1, -0.05) is 13.8 Å². The Balaban J connectivity index is 2.05. The minimum absolute atomic E-state index is 0.197. The topological polar surface area (TPSA) is 46.5 Å². The average molecular weight is 212 g/mol. The van der Waals surface area contributed by atoms with E-state index in [-0.39, 0.29) is 11.9 Å². The van der Waals surface area contributed by atoms with Crippen LogP contribution in [0, 0.1) is 11.3 Å². The molecule has 1 unspecified atom stereocenters. The molecule has 0 amide bonds. The van der Waals surface area contributed by atoms with Crippen molar-refractivity contribution in [1.82, 2.24) is 0 Å². The molecule has 1 saturated heterocycles. The lowest BCUT2D eigenvalue weighted by atomic mass is 9.66. The van der Waals surface area contributed by atoms with Crippen molar-refractivity contribution in [3.63, 3.8) is 0 Å². The van der Waals surface area contributed by atoms with Crippen LogP contribution in [0.4, 0.5) is 0 Å². The van der Waals surface area contributed by atoms with E-state index >= 15 is 0 Å². The fourth-order valence-corrected chi connectivity index (χ4v) is 2.69. The maximum atomic E-state index is 11.5. The van der Waals surface area contributed by atoms with Crippen LogP contribution in [0.2, 0.25) is 0 Å². The first-order valence-electron chi connectivity index (χ1n) is 5.82.